The second-order valence-corrected chi connectivity index (χ2v) is 9.64. The van der Waals surface area contributed by atoms with Gasteiger partial charge in [-0.25, -0.2) is 4.39 Å². The third kappa shape index (κ3) is 6.84. The Labute approximate surface area is 177 Å². The molecule has 3 nitrogen and oxygen atoms in total. The average molecular weight is 453 g/mol. The van der Waals surface area contributed by atoms with E-state index in [2.05, 4.69) is 26.1 Å². The zero-order chi connectivity index (χ0) is 19.9. The lowest BCUT2D eigenvalue weighted by molar-refractivity contribution is -0.119. The topological polar surface area (TPSA) is 32.3 Å². The highest BCUT2D eigenvalue weighted by Crippen LogP contribution is 2.29. The van der Waals surface area contributed by atoms with Crippen molar-refractivity contribution in [3.63, 3.8) is 0 Å². The van der Waals surface area contributed by atoms with Gasteiger partial charge in [0.2, 0.25) is 5.91 Å². The SMILES string of the molecule is CC(=O)N[C@H]1CC[C@H](CCCN2CCC(Cc3cc(F)ccc3Br)CC2)CC1. The van der Waals surface area contributed by atoms with Crippen molar-refractivity contribution < 1.29 is 9.18 Å². The predicted octanol–water partition coefficient (Wildman–Crippen LogP) is 5.32. The highest BCUT2D eigenvalue weighted by atomic mass is 79.9. The molecule has 2 fully saturated rings. The number of likely N-dealkylation sites (tertiary alicyclic amines) is 1. The van der Waals surface area contributed by atoms with Gasteiger partial charge in [0.25, 0.3) is 0 Å². The summed E-state index contributed by atoms with van der Waals surface area (Å²) >= 11 is 3.56. The van der Waals surface area contributed by atoms with E-state index in [4.69, 9.17) is 0 Å². The molecule has 1 saturated heterocycles. The number of amides is 1. The van der Waals surface area contributed by atoms with Crippen molar-refractivity contribution in [3.8, 4) is 0 Å². The first-order valence-corrected chi connectivity index (χ1v) is 11.7. The molecule has 1 saturated carbocycles. The molecule has 28 heavy (non-hydrogen) atoms. The molecule has 0 spiro atoms. The highest BCUT2D eigenvalue weighted by molar-refractivity contribution is 9.10. The van der Waals surface area contributed by atoms with Gasteiger partial charge in [0.05, 0.1) is 0 Å². The van der Waals surface area contributed by atoms with Crippen LogP contribution in [0.3, 0.4) is 0 Å². The molecule has 0 radical (unpaired) electrons. The molecule has 0 atom stereocenters. The Kier molecular flexibility index (Phi) is 8.34. The second-order valence-electron chi connectivity index (χ2n) is 8.79. The monoisotopic (exact) mass is 452 g/mol. The molecule has 1 amide bonds. The smallest absolute Gasteiger partial charge is 0.217 e. The number of benzene rings is 1. The third-order valence-corrected chi connectivity index (χ3v) is 7.34. The summed E-state index contributed by atoms with van der Waals surface area (Å²) in [7, 11) is 0. The molecule has 5 heteroatoms. The summed E-state index contributed by atoms with van der Waals surface area (Å²) in [6.45, 7) is 5.17. The van der Waals surface area contributed by atoms with E-state index in [1.54, 1.807) is 13.0 Å². The first-order chi connectivity index (χ1) is 13.5. The van der Waals surface area contributed by atoms with Crippen molar-refractivity contribution in [2.75, 3.05) is 19.6 Å². The number of carbonyl (C=O) groups excluding carboxylic acids is 1. The number of hydrogen-bond donors (Lipinski definition) is 1. The van der Waals surface area contributed by atoms with Gasteiger partial charge in [-0.05, 0) is 113 Å². The Morgan fingerprint density at radius 2 is 1.86 bits per heavy atom. The van der Waals surface area contributed by atoms with E-state index in [0.29, 0.717) is 12.0 Å². The Hall–Kier alpha value is -0.940. The van der Waals surface area contributed by atoms with Crippen molar-refractivity contribution in [2.24, 2.45) is 11.8 Å². The molecule has 2 aliphatic rings. The summed E-state index contributed by atoms with van der Waals surface area (Å²) in [5.41, 5.74) is 1.10. The number of hydrogen-bond acceptors (Lipinski definition) is 2. The van der Waals surface area contributed by atoms with Crippen LogP contribution in [0.4, 0.5) is 4.39 Å². The fraction of sp³-hybridized carbons (Fsp3) is 0.696. The number of nitrogens with zero attached hydrogens (tertiary/aromatic N) is 1. The van der Waals surface area contributed by atoms with Crippen LogP contribution in [-0.2, 0) is 11.2 Å². The third-order valence-electron chi connectivity index (χ3n) is 6.56. The van der Waals surface area contributed by atoms with Crippen LogP contribution in [0.25, 0.3) is 0 Å². The van der Waals surface area contributed by atoms with Crippen LogP contribution in [0.1, 0.15) is 63.9 Å². The number of halogens is 2. The minimum atomic E-state index is -0.137. The molecular weight excluding hydrogens is 419 g/mol. The number of piperidine rings is 1. The van der Waals surface area contributed by atoms with Crippen LogP contribution in [0.2, 0.25) is 0 Å². The largest absolute Gasteiger partial charge is 0.354 e. The highest BCUT2D eigenvalue weighted by Gasteiger charge is 2.23. The zero-order valence-corrected chi connectivity index (χ0v) is 18.6. The van der Waals surface area contributed by atoms with Crippen LogP contribution < -0.4 is 5.32 Å². The van der Waals surface area contributed by atoms with E-state index in [1.807, 2.05) is 6.07 Å². The number of rotatable bonds is 7. The molecular formula is C23H34BrFN2O. The summed E-state index contributed by atoms with van der Waals surface area (Å²) in [6.07, 6.45) is 10.8. The van der Waals surface area contributed by atoms with E-state index < -0.39 is 0 Å². The molecule has 1 aliphatic carbocycles. The molecule has 1 aliphatic heterocycles. The Morgan fingerprint density at radius 3 is 2.54 bits per heavy atom. The van der Waals surface area contributed by atoms with Crippen molar-refractivity contribution in [3.05, 3.63) is 34.1 Å². The lowest BCUT2D eigenvalue weighted by atomic mass is 9.83. The van der Waals surface area contributed by atoms with Crippen LogP contribution in [0.15, 0.2) is 22.7 Å². The Morgan fingerprint density at radius 1 is 1.14 bits per heavy atom. The molecule has 1 heterocycles. The number of nitrogens with one attached hydrogen (secondary N) is 1. The van der Waals surface area contributed by atoms with Crippen molar-refractivity contribution in [1.82, 2.24) is 10.2 Å². The van der Waals surface area contributed by atoms with Crippen molar-refractivity contribution in [1.29, 1.82) is 0 Å². The molecule has 1 N–H and O–H groups in total. The van der Waals surface area contributed by atoms with Gasteiger partial charge in [-0.1, -0.05) is 15.9 Å². The van der Waals surface area contributed by atoms with E-state index >= 15 is 0 Å². The summed E-state index contributed by atoms with van der Waals surface area (Å²) in [5, 5.41) is 3.07. The molecule has 1 aromatic carbocycles. The van der Waals surface area contributed by atoms with Gasteiger partial charge in [-0.3, -0.25) is 4.79 Å². The van der Waals surface area contributed by atoms with Crippen LogP contribution in [0, 0.1) is 17.7 Å². The summed E-state index contributed by atoms with van der Waals surface area (Å²) in [4.78, 5) is 13.8. The van der Waals surface area contributed by atoms with Gasteiger partial charge >= 0.3 is 0 Å². The first-order valence-electron chi connectivity index (χ1n) is 10.9. The maximum atomic E-state index is 13.5. The normalized spacial score (nSPS) is 24.2. The zero-order valence-electron chi connectivity index (χ0n) is 17.1. The maximum Gasteiger partial charge on any atom is 0.217 e. The molecule has 0 bridgehead atoms. The fourth-order valence-electron chi connectivity index (χ4n) is 4.91. The summed E-state index contributed by atoms with van der Waals surface area (Å²) in [6, 6.07) is 5.43. The van der Waals surface area contributed by atoms with Gasteiger partial charge in [-0.2, -0.15) is 0 Å². The van der Waals surface area contributed by atoms with Crippen molar-refractivity contribution in [2.45, 2.75) is 70.8 Å². The van der Waals surface area contributed by atoms with Gasteiger partial charge in [-0.15, -0.1) is 0 Å². The Balaban J connectivity index is 1.30. The fourth-order valence-corrected chi connectivity index (χ4v) is 5.32. The van der Waals surface area contributed by atoms with Crippen LogP contribution >= 0.6 is 15.9 Å². The van der Waals surface area contributed by atoms with Gasteiger partial charge in [0, 0.05) is 17.4 Å². The van der Waals surface area contributed by atoms with E-state index in [0.717, 1.165) is 35.2 Å². The molecule has 0 aromatic heterocycles. The Bertz CT molecular complexity index is 637. The first kappa shape index (κ1) is 21.8. The lowest BCUT2D eigenvalue weighted by Gasteiger charge is -2.33. The molecule has 0 unspecified atom stereocenters. The maximum absolute atomic E-state index is 13.5. The summed E-state index contributed by atoms with van der Waals surface area (Å²) in [5.74, 6) is 1.48. The lowest BCUT2D eigenvalue weighted by Crippen LogP contribution is -2.37. The van der Waals surface area contributed by atoms with Crippen LogP contribution in [0.5, 0.6) is 0 Å². The molecule has 3 rings (SSSR count). The van der Waals surface area contributed by atoms with Gasteiger partial charge in [0.15, 0.2) is 0 Å². The van der Waals surface area contributed by atoms with Crippen molar-refractivity contribution >= 4 is 21.8 Å². The van der Waals surface area contributed by atoms with Gasteiger partial charge in [0.1, 0.15) is 5.82 Å². The van der Waals surface area contributed by atoms with Gasteiger partial charge < -0.3 is 10.2 Å². The minimum absolute atomic E-state index is 0.108. The van der Waals surface area contributed by atoms with Crippen LogP contribution in [-0.4, -0.2) is 36.5 Å². The number of carbonyl (C=O) groups is 1. The van der Waals surface area contributed by atoms with E-state index in [1.165, 1.54) is 64.2 Å². The standard InChI is InChI=1S/C23H34BrFN2O/c1-17(28)26-22-7-4-18(5-8-22)3-2-12-27-13-10-19(11-14-27)15-20-16-21(25)6-9-23(20)24/h6,9,16,18-19,22H,2-5,7-8,10-15H2,1H3,(H,26,28)/t18-,22-. The summed E-state index contributed by atoms with van der Waals surface area (Å²) < 4.78 is 14.5. The molecule has 156 valence electrons. The van der Waals surface area contributed by atoms with E-state index in [9.17, 15) is 9.18 Å². The minimum Gasteiger partial charge on any atom is -0.354 e. The van der Waals surface area contributed by atoms with E-state index in [-0.39, 0.29) is 11.7 Å². The average Bonchev–Trinajstić information content (AvgIpc) is 2.67. The second kappa shape index (κ2) is 10.7. The quantitative estimate of drug-likeness (QED) is 0.606. The molecule has 1 aromatic rings. The predicted molar refractivity (Wildman–Crippen MR) is 116 cm³/mol.